The van der Waals surface area contributed by atoms with Crippen LogP contribution in [-0.4, -0.2) is 42.1 Å². The molecule has 4 nitrogen and oxygen atoms in total. The third-order valence-corrected chi connectivity index (χ3v) is 5.42. The first-order chi connectivity index (χ1) is 11.6. The number of aliphatic hydroxyl groups is 1. The minimum absolute atomic E-state index is 0. The SMILES string of the molecule is CCNC(=NCC(O)c1ccccc1F)N1CCC2(CCCC2)C1.I. The number of likely N-dealkylation sites (tertiary alicyclic amines) is 1. The summed E-state index contributed by atoms with van der Waals surface area (Å²) in [5, 5.41) is 13.6. The van der Waals surface area contributed by atoms with Crippen LogP contribution in [0.25, 0.3) is 0 Å². The molecule has 1 unspecified atom stereocenters. The monoisotopic (exact) mass is 461 g/mol. The van der Waals surface area contributed by atoms with E-state index in [9.17, 15) is 9.50 Å². The molecule has 1 atom stereocenters. The second-order valence-corrected chi connectivity index (χ2v) is 7.11. The molecule has 1 aromatic carbocycles. The summed E-state index contributed by atoms with van der Waals surface area (Å²) in [5.41, 5.74) is 0.783. The predicted molar refractivity (Wildman–Crippen MR) is 110 cm³/mol. The average Bonchev–Trinajstić information content (AvgIpc) is 3.22. The normalized spacial score (nSPS) is 20.6. The molecule has 1 saturated carbocycles. The van der Waals surface area contributed by atoms with Crippen molar-refractivity contribution in [2.45, 2.75) is 45.1 Å². The number of hydrogen-bond acceptors (Lipinski definition) is 2. The Morgan fingerprint density at radius 3 is 2.72 bits per heavy atom. The number of aliphatic hydroxyl groups excluding tert-OH is 1. The Balaban J connectivity index is 0.00000225. The summed E-state index contributed by atoms with van der Waals surface area (Å²) in [6.07, 6.45) is 5.64. The number of aliphatic imine (C=N–C) groups is 1. The first kappa shape index (κ1) is 20.4. The number of halogens is 2. The van der Waals surface area contributed by atoms with E-state index in [2.05, 4.69) is 15.2 Å². The van der Waals surface area contributed by atoms with Crippen LogP contribution in [-0.2, 0) is 0 Å². The van der Waals surface area contributed by atoms with Crippen molar-refractivity contribution in [3.63, 3.8) is 0 Å². The highest BCUT2D eigenvalue weighted by molar-refractivity contribution is 14.0. The summed E-state index contributed by atoms with van der Waals surface area (Å²) in [7, 11) is 0. The van der Waals surface area contributed by atoms with E-state index < -0.39 is 6.10 Å². The van der Waals surface area contributed by atoms with Crippen LogP contribution in [0.1, 0.15) is 50.7 Å². The molecule has 2 N–H and O–H groups in total. The van der Waals surface area contributed by atoms with E-state index in [1.165, 1.54) is 38.2 Å². The first-order valence-electron chi connectivity index (χ1n) is 9.09. The Labute approximate surface area is 166 Å². The maximum absolute atomic E-state index is 13.8. The molecule has 0 aromatic heterocycles. The van der Waals surface area contributed by atoms with Gasteiger partial charge in [-0.3, -0.25) is 4.99 Å². The van der Waals surface area contributed by atoms with E-state index in [0.29, 0.717) is 11.0 Å². The second-order valence-electron chi connectivity index (χ2n) is 7.11. The standard InChI is InChI=1S/C19H28FN3O.HI/c1-2-21-18(23-12-11-19(14-23)9-5-6-10-19)22-13-17(24)15-7-3-4-8-16(15)20;/h3-4,7-8,17,24H,2,5-6,9-14H2,1H3,(H,21,22);1H. The van der Waals surface area contributed by atoms with Gasteiger partial charge in [0.2, 0.25) is 0 Å². The first-order valence-corrected chi connectivity index (χ1v) is 9.09. The van der Waals surface area contributed by atoms with Crippen molar-refractivity contribution in [1.29, 1.82) is 0 Å². The maximum Gasteiger partial charge on any atom is 0.194 e. The van der Waals surface area contributed by atoms with Crippen molar-refractivity contribution in [2.24, 2.45) is 10.4 Å². The molecular weight excluding hydrogens is 432 g/mol. The molecule has 2 aliphatic rings. The van der Waals surface area contributed by atoms with Crippen LogP contribution < -0.4 is 5.32 Å². The number of nitrogens with one attached hydrogen (secondary N) is 1. The number of benzene rings is 1. The lowest BCUT2D eigenvalue weighted by Crippen LogP contribution is -2.41. The van der Waals surface area contributed by atoms with Gasteiger partial charge in [0.25, 0.3) is 0 Å². The van der Waals surface area contributed by atoms with Crippen molar-refractivity contribution in [3.8, 4) is 0 Å². The van der Waals surface area contributed by atoms with Crippen LogP contribution in [0, 0.1) is 11.2 Å². The van der Waals surface area contributed by atoms with E-state index in [-0.39, 0.29) is 36.3 Å². The lowest BCUT2D eigenvalue weighted by Gasteiger charge is -2.26. The molecule has 1 aliphatic heterocycles. The van der Waals surface area contributed by atoms with E-state index in [4.69, 9.17) is 0 Å². The summed E-state index contributed by atoms with van der Waals surface area (Å²) < 4.78 is 13.8. The zero-order valence-corrected chi connectivity index (χ0v) is 17.2. The van der Waals surface area contributed by atoms with Crippen molar-refractivity contribution in [1.82, 2.24) is 10.2 Å². The summed E-state index contributed by atoms with van der Waals surface area (Å²) in [6, 6.07) is 6.36. The highest BCUT2D eigenvalue weighted by Crippen LogP contribution is 2.45. The van der Waals surface area contributed by atoms with Gasteiger partial charge in [0.15, 0.2) is 5.96 Å². The Kier molecular flexibility index (Phi) is 7.49. The van der Waals surface area contributed by atoms with E-state index in [1.54, 1.807) is 18.2 Å². The van der Waals surface area contributed by atoms with Gasteiger partial charge in [-0.25, -0.2) is 4.39 Å². The van der Waals surface area contributed by atoms with Crippen molar-refractivity contribution < 1.29 is 9.50 Å². The van der Waals surface area contributed by atoms with Crippen molar-refractivity contribution in [2.75, 3.05) is 26.2 Å². The molecule has 1 aliphatic carbocycles. The van der Waals surface area contributed by atoms with Gasteiger partial charge in [0, 0.05) is 25.2 Å². The van der Waals surface area contributed by atoms with Gasteiger partial charge in [-0.2, -0.15) is 0 Å². The van der Waals surface area contributed by atoms with Gasteiger partial charge in [-0.1, -0.05) is 31.0 Å². The Hall–Kier alpha value is -0.890. The Morgan fingerprint density at radius 1 is 1.32 bits per heavy atom. The largest absolute Gasteiger partial charge is 0.386 e. The maximum atomic E-state index is 13.8. The van der Waals surface area contributed by atoms with Gasteiger partial charge in [-0.15, -0.1) is 24.0 Å². The Bertz CT molecular complexity index is 590. The van der Waals surface area contributed by atoms with Crippen LogP contribution in [0.3, 0.4) is 0 Å². The minimum atomic E-state index is -0.914. The third kappa shape index (κ3) is 4.84. The number of rotatable bonds is 4. The average molecular weight is 461 g/mol. The molecule has 1 heterocycles. The smallest absolute Gasteiger partial charge is 0.194 e. The fourth-order valence-electron chi connectivity index (χ4n) is 4.09. The van der Waals surface area contributed by atoms with Crippen LogP contribution >= 0.6 is 24.0 Å². The lowest BCUT2D eigenvalue weighted by molar-refractivity contribution is 0.181. The number of hydrogen-bond donors (Lipinski definition) is 2. The number of guanidine groups is 1. The fraction of sp³-hybridized carbons (Fsp3) is 0.632. The van der Waals surface area contributed by atoms with Gasteiger partial charge in [0.1, 0.15) is 11.9 Å². The molecule has 2 fully saturated rings. The van der Waals surface area contributed by atoms with Crippen LogP contribution in [0.15, 0.2) is 29.3 Å². The van der Waals surface area contributed by atoms with Gasteiger partial charge < -0.3 is 15.3 Å². The number of nitrogens with zero attached hydrogens (tertiary/aromatic N) is 2. The highest BCUT2D eigenvalue weighted by atomic mass is 127. The molecule has 25 heavy (non-hydrogen) atoms. The van der Waals surface area contributed by atoms with E-state index in [0.717, 1.165) is 25.6 Å². The molecule has 0 radical (unpaired) electrons. The van der Waals surface area contributed by atoms with Crippen LogP contribution in [0.5, 0.6) is 0 Å². The molecule has 3 rings (SSSR count). The zero-order valence-electron chi connectivity index (χ0n) is 14.9. The summed E-state index contributed by atoms with van der Waals surface area (Å²) >= 11 is 0. The molecule has 1 saturated heterocycles. The van der Waals surface area contributed by atoms with E-state index >= 15 is 0 Å². The summed E-state index contributed by atoms with van der Waals surface area (Å²) in [4.78, 5) is 6.89. The van der Waals surface area contributed by atoms with Gasteiger partial charge in [-0.05, 0) is 37.7 Å². The van der Waals surface area contributed by atoms with Crippen LogP contribution in [0.2, 0.25) is 0 Å². The van der Waals surface area contributed by atoms with Crippen molar-refractivity contribution in [3.05, 3.63) is 35.6 Å². The predicted octanol–water partition coefficient (Wildman–Crippen LogP) is 3.71. The zero-order chi connectivity index (χ0) is 17.0. The summed E-state index contributed by atoms with van der Waals surface area (Å²) in [5.74, 6) is 0.466. The summed E-state index contributed by atoms with van der Waals surface area (Å²) in [6.45, 7) is 5.07. The third-order valence-electron chi connectivity index (χ3n) is 5.42. The molecular formula is C19H29FIN3O. The van der Waals surface area contributed by atoms with E-state index in [1.807, 2.05) is 6.92 Å². The molecule has 1 spiro atoms. The topological polar surface area (TPSA) is 47.9 Å². The molecule has 0 bridgehead atoms. The molecule has 140 valence electrons. The Morgan fingerprint density at radius 2 is 2.04 bits per heavy atom. The second kappa shape index (κ2) is 9.16. The fourth-order valence-corrected chi connectivity index (χ4v) is 4.09. The minimum Gasteiger partial charge on any atom is -0.386 e. The quantitative estimate of drug-likeness (QED) is 0.409. The molecule has 6 heteroatoms. The van der Waals surface area contributed by atoms with Gasteiger partial charge in [0.05, 0.1) is 6.54 Å². The lowest BCUT2D eigenvalue weighted by atomic mass is 9.86. The van der Waals surface area contributed by atoms with Crippen molar-refractivity contribution >= 4 is 29.9 Å². The molecule has 0 amide bonds. The van der Waals surface area contributed by atoms with Gasteiger partial charge >= 0.3 is 0 Å². The highest BCUT2D eigenvalue weighted by Gasteiger charge is 2.41. The van der Waals surface area contributed by atoms with Crippen LogP contribution in [0.4, 0.5) is 4.39 Å². The molecule has 1 aromatic rings.